The van der Waals surface area contributed by atoms with E-state index in [0.717, 1.165) is 5.56 Å². The summed E-state index contributed by atoms with van der Waals surface area (Å²) in [6.07, 6.45) is -0.832. The third kappa shape index (κ3) is 8.71. The number of ether oxygens (including phenoxy) is 2. The molecular formula is C31H44Cl2N4O5Si. The number of hydrogen-bond acceptors (Lipinski definition) is 8. The number of aryl methyl sites for hydroxylation is 2. The molecule has 1 amide bonds. The van der Waals surface area contributed by atoms with Crippen molar-refractivity contribution in [2.45, 2.75) is 92.2 Å². The number of amides is 1. The summed E-state index contributed by atoms with van der Waals surface area (Å²) >= 11 is 13.2. The Morgan fingerprint density at radius 2 is 1.72 bits per heavy atom. The van der Waals surface area contributed by atoms with E-state index >= 15 is 0 Å². The maximum absolute atomic E-state index is 12.7. The monoisotopic (exact) mass is 650 g/mol. The highest BCUT2D eigenvalue weighted by atomic mass is 35.5. The molecule has 0 aliphatic carbocycles. The molecule has 3 aromatic rings. The van der Waals surface area contributed by atoms with E-state index in [2.05, 4.69) is 44.0 Å². The maximum atomic E-state index is 12.7. The molecule has 0 aliphatic rings. The van der Waals surface area contributed by atoms with Gasteiger partial charge in [-0.1, -0.05) is 49.1 Å². The molecular weight excluding hydrogens is 607 g/mol. The Morgan fingerprint density at radius 3 is 2.28 bits per heavy atom. The Balaban J connectivity index is 1.91. The van der Waals surface area contributed by atoms with Crippen LogP contribution in [0.15, 0.2) is 22.7 Å². The lowest BCUT2D eigenvalue weighted by atomic mass is 10.1. The zero-order valence-electron chi connectivity index (χ0n) is 27.3. The molecule has 0 N–H and O–H groups in total. The van der Waals surface area contributed by atoms with Crippen molar-refractivity contribution in [1.82, 2.24) is 20.0 Å². The molecule has 0 saturated carbocycles. The summed E-state index contributed by atoms with van der Waals surface area (Å²) in [7, 11) is -0.508. The van der Waals surface area contributed by atoms with E-state index in [-0.39, 0.29) is 11.6 Å². The van der Waals surface area contributed by atoms with Crippen LogP contribution >= 0.6 is 23.2 Å². The van der Waals surface area contributed by atoms with Gasteiger partial charge in [0.15, 0.2) is 14.1 Å². The van der Waals surface area contributed by atoms with Crippen molar-refractivity contribution in [3.63, 3.8) is 0 Å². The van der Waals surface area contributed by atoms with Gasteiger partial charge >= 0.3 is 6.09 Å². The topological polar surface area (TPSA) is 99.8 Å². The van der Waals surface area contributed by atoms with Crippen LogP contribution < -0.4 is 4.74 Å². The number of carbonyl (C=O) groups excluding carboxylic acids is 1. The van der Waals surface area contributed by atoms with Crippen LogP contribution in [0.25, 0.3) is 22.6 Å². The van der Waals surface area contributed by atoms with E-state index in [1.54, 1.807) is 25.2 Å². The molecule has 236 valence electrons. The first-order valence-corrected chi connectivity index (χ1v) is 17.9. The first kappa shape index (κ1) is 34.8. The molecule has 12 heteroatoms. The first-order chi connectivity index (χ1) is 19.7. The summed E-state index contributed by atoms with van der Waals surface area (Å²) in [5, 5.41) is 4.77. The van der Waals surface area contributed by atoms with Gasteiger partial charge in [0, 0.05) is 18.2 Å². The highest BCUT2D eigenvalue weighted by Gasteiger charge is 2.40. The van der Waals surface area contributed by atoms with Crippen molar-refractivity contribution in [1.29, 1.82) is 0 Å². The molecule has 0 radical (unpaired) electrons. The minimum absolute atomic E-state index is 0.0375. The van der Waals surface area contributed by atoms with Crippen molar-refractivity contribution in [3.05, 3.63) is 45.4 Å². The predicted octanol–water partition coefficient (Wildman–Crippen LogP) is 8.67. The molecule has 0 saturated heterocycles. The van der Waals surface area contributed by atoms with E-state index < -0.39 is 26.1 Å². The van der Waals surface area contributed by atoms with Crippen molar-refractivity contribution in [3.8, 4) is 28.4 Å². The molecule has 9 nitrogen and oxygen atoms in total. The average Bonchev–Trinajstić information content (AvgIpc) is 3.20. The molecule has 0 fully saturated rings. The lowest BCUT2D eigenvalue weighted by molar-refractivity contribution is 0.0172. The van der Waals surface area contributed by atoms with Crippen LogP contribution in [0, 0.1) is 20.8 Å². The van der Waals surface area contributed by atoms with Crippen LogP contribution in [0.1, 0.15) is 58.6 Å². The van der Waals surface area contributed by atoms with Gasteiger partial charge in [-0.3, -0.25) is 0 Å². The zero-order valence-corrected chi connectivity index (χ0v) is 29.8. The van der Waals surface area contributed by atoms with Gasteiger partial charge in [0.2, 0.25) is 0 Å². The zero-order chi connectivity index (χ0) is 32.5. The SMILES string of the molecule is Cc1noc(C)c1-c1nc(-c2cc(OCC(CN(C)C(=O)OC(C)(C)C)O[Si](C)(C)C(C)(C)C)ccc2Cl)nc(Cl)c1C. The van der Waals surface area contributed by atoms with Crippen molar-refractivity contribution in [2.75, 3.05) is 20.2 Å². The summed E-state index contributed by atoms with van der Waals surface area (Å²) in [5.74, 6) is 1.52. The summed E-state index contributed by atoms with van der Waals surface area (Å²) in [6.45, 7) is 22.4. The smallest absolute Gasteiger partial charge is 0.410 e. The van der Waals surface area contributed by atoms with Gasteiger partial charge in [-0.15, -0.1) is 0 Å². The number of carbonyl (C=O) groups is 1. The third-order valence-corrected chi connectivity index (χ3v) is 12.7. The fourth-order valence-electron chi connectivity index (χ4n) is 4.07. The Hall–Kier alpha value is -2.66. The van der Waals surface area contributed by atoms with E-state index in [1.807, 2.05) is 41.5 Å². The highest BCUT2D eigenvalue weighted by Crippen LogP contribution is 2.38. The number of halogens is 2. The van der Waals surface area contributed by atoms with Gasteiger partial charge in [-0.2, -0.15) is 0 Å². The molecule has 1 unspecified atom stereocenters. The fraction of sp³-hybridized carbons (Fsp3) is 0.548. The molecule has 1 aromatic carbocycles. The van der Waals surface area contributed by atoms with Gasteiger partial charge < -0.3 is 23.3 Å². The number of nitrogens with zero attached hydrogens (tertiary/aromatic N) is 4. The fourth-order valence-corrected chi connectivity index (χ4v) is 5.77. The predicted molar refractivity (Wildman–Crippen MR) is 174 cm³/mol. The molecule has 0 aliphatic heterocycles. The second kappa shape index (κ2) is 13.1. The van der Waals surface area contributed by atoms with E-state index in [9.17, 15) is 4.79 Å². The molecule has 3 rings (SSSR count). The van der Waals surface area contributed by atoms with Gasteiger partial charge in [0.1, 0.15) is 28.9 Å². The summed E-state index contributed by atoms with van der Waals surface area (Å²) in [6, 6.07) is 5.29. The van der Waals surface area contributed by atoms with Crippen LogP contribution in [0.3, 0.4) is 0 Å². The van der Waals surface area contributed by atoms with Gasteiger partial charge in [0.25, 0.3) is 0 Å². The van der Waals surface area contributed by atoms with Crippen LogP contribution in [0.5, 0.6) is 5.75 Å². The van der Waals surface area contributed by atoms with E-state index in [1.165, 1.54) is 4.90 Å². The number of likely N-dealkylation sites (N-methyl/N-ethyl adjacent to an activating group) is 1. The van der Waals surface area contributed by atoms with E-state index in [0.29, 0.717) is 56.6 Å². The van der Waals surface area contributed by atoms with Gasteiger partial charge in [-0.25, -0.2) is 14.8 Å². The average molecular weight is 652 g/mol. The van der Waals surface area contributed by atoms with Crippen LogP contribution in [0.4, 0.5) is 4.79 Å². The molecule has 2 heterocycles. The Kier molecular flexibility index (Phi) is 10.6. The van der Waals surface area contributed by atoms with Crippen LogP contribution in [-0.4, -0.2) is 66.3 Å². The number of benzene rings is 1. The summed E-state index contributed by atoms with van der Waals surface area (Å²) in [4.78, 5) is 23.6. The van der Waals surface area contributed by atoms with Gasteiger partial charge in [-0.05, 0) is 77.9 Å². The molecule has 0 spiro atoms. The Morgan fingerprint density at radius 1 is 1.07 bits per heavy atom. The normalized spacial score (nSPS) is 13.2. The second-order valence-corrected chi connectivity index (χ2v) is 18.8. The first-order valence-electron chi connectivity index (χ1n) is 14.2. The number of rotatable bonds is 9. The van der Waals surface area contributed by atoms with Crippen molar-refractivity contribution >= 4 is 37.6 Å². The Labute approximate surface area is 266 Å². The summed E-state index contributed by atoms with van der Waals surface area (Å²) in [5.41, 5.74) is 2.76. The third-order valence-electron chi connectivity index (χ3n) is 7.42. The maximum Gasteiger partial charge on any atom is 0.410 e. The number of aromatic nitrogens is 3. The quantitative estimate of drug-likeness (QED) is 0.167. The van der Waals surface area contributed by atoms with E-state index in [4.69, 9.17) is 46.6 Å². The standard InChI is InChI=1S/C31H44Cl2N4O5Si/c1-18-26(25-19(2)36-41-20(25)3)34-28(35-27(18)33)23-15-21(13-14-24(23)32)39-17-22(42-43(11,12)31(7,8)9)16-37(10)29(38)40-30(4,5)6/h13-15,22H,16-17H2,1-12H3. The number of hydrogen-bond donors (Lipinski definition) is 0. The molecule has 1 atom stereocenters. The lowest BCUT2D eigenvalue weighted by Gasteiger charge is -2.40. The minimum Gasteiger partial charge on any atom is -0.491 e. The van der Waals surface area contributed by atoms with Gasteiger partial charge in [0.05, 0.1) is 34.6 Å². The minimum atomic E-state index is -2.21. The van der Waals surface area contributed by atoms with Crippen molar-refractivity contribution in [2.24, 2.45) is 0 Å². The molecule has 2 aromatic heterocycles. The molecule has 43 heavy (non-hydrogen) atoms. The molecule has 0 bridgehead atoms. The largest absolute Gasteiger partial charge is 0.491 e. The van der Waals surface area contributed by atoms with Crippen LogP contribution in [0.2, 0.25) is 28.3 Å². The Bertz CT molecular complexity index is 1440. The lowest BCUT2D eigenvalue weighted by Crippen LogP contribution is -2.49. The second-order valence-electron chi connectivity index (χ2n) is 13.3. The highest BCUT2D eigenvalue weighted by molar-refractivity contribution is 6.74. The van der Waals surface area contributed by atoms with Crippen LogP contribution in [-0.2, 0) is 9.16 Å². The summed E-state index contributed by atoms with van der Waals surface area (Å²) < 4.78 is 23.9. The van der Waals surface area contributed by atoms with Crippen molar-refractivity contribution < 1.29 is 23.2 Å².